The van der Waals surface area contributed by atoms with E-state index in [2.05, 4.69) is 10.3 Å². The summed E-state index contributed by atoms with van der Waals surface area (Å²) in [4.78, 5) is 26.8. The summed E-state index contributed by atoms with van der Waals surface area (Å²) in [6.45, 7) is 1.87. The predicted molar refractivity (Wildman–Crippen MR) is 80.5 cm³/mol. The summed E-state index contributed by atoms with van der Waals surface area (Å²) >= 11 is 6.06. The molecule has 0 aliphatic carbocycles. The largest absolute Gasteiger partial charge is 0.481 e. The fourth-order valence-corrected chi connectivity index (χ4v) is 2.15. The highest BCUT2D eigenvalue weighted by Gasteiger charge is 2.13. The maximum absolute atomic E-state index is 12.0. The number of halogens is 1. The highest BCUT2D eigenvalue weighted by atomic mass is 35.5. The van der Waals surface area contributed by atoms with E-state index in [9.17, 15) is 9.59 Å². The number of hydrogen-bond donors (Lipinski definition) is 2. The fraction of sp³-hybridized carbons (Fsp3) is 0.267. The molecule has 21 heavy (non-hydrogen) atoms. The molecular formula is C15H15ClN2O3. The van der Waals surface area contributed by atoms with Crippen LogP contribution in [0.25, 0.3) is 10.8 Å². The average molecular weight is 307 g/mol. The van der Waals surface area contributed by atoms with Crippen LogP contribution >= 0.6 is 11.6 Å². The lowest BCUT2D eigenvalue weighted by Gasteiger charge is -2.08. The van der Waals surface area contributed by atoms with E-state index in [-0.39, 0.29) is 23.3 Å². The molecule has 1 unspecified atom stereocenters. The first-order valence-corrected chi connectivity index (χ1v) is 6.93. The van der Waals surface area contributed by atoms with Crippen LogP contribution in [0.15, 0.2) is 30.3 Å². The molecule has 0 aliphatic heterocycles. The van der Waals surface area contributed by atoms with E-state index in [0.29, 0.717) is 6.42 Å². The maximum atomic E-state index is 12.0. The van der Waals surface area contributed by atoms with Gasteiger partial charge in [-0.2, -0.15) is 0 Å². The number of carbonyl (C=O) groups is 2. The minimum absolute atomic E-state index is 0.224. The number of rotatable bonds is 5. The Labute approximate surface area is 126 Å². The number of nitrogens with zero attached hydrogens (tertiary/aromatic N) is 1. The van der Waals surface area contributed by atoms with E-state index in [1.54, 1.807) is 13.0 Å². The number of amides is 1. The molecule has 2 rings (SSSR count). The fourth-order valence-electron chi connectivity index (χ4n) is 1.89. The molecule has 0 saturated heterocycles. The monoisotopic (exact) mass is 306 g/mol. The molecule has 0 bridgehead atoms. The van der Waals surface area contributed by atoms with Crippen LogP contribution in [-0.4, -0.2) is 28.5 Å². The number of carboxylic acids is 1. The summed E-state index contributed by atoms with van der Waals surface area (Å²) in [5.41, 5.74) is 0.224. The first-order valence-electron chi connectivity index (χ1n) is 6.55. The van der Waals surface area contributed by atoms with Crippen molar-refractivity contribution in [1.29, 1.82) is 0 Å². The second kappa shape index (κ2) is 6.54. The van der Waals surface area contributed by atoms with Crippen molar-refractivity contribution < 1.29 is 14.7 Å². The third-order valence-electron chi connectivity index (χ3n) is 3.21. The molecule has 0 radical (unpaired) electrons. The molecule has 1 heterocycles. The standard InChI is InChI=1S/C15H15ClN2O3/c1-9(15(20)21)6-7-17-14(19)12-8-10-4-2-3-5-11(10)13(16)18-12/h2-5,8-9H,6-7H2,1H3,(H,17,19)(H,20,21). The summed E-state index contributed by atoms with van der Waals surface area (Å²) in [7, 11) is 0. The number of nitrogens with one attached hydrogen (secondary N) is 1. The van der Waals surface area contributed by atoms with Gasteiger partial charge in [0.15, 0.2) is 0 Å². The minimum atomic E-state index is -0.879. The number of pyridine rings is 1. The van der Waals surface area contributed by atoms with Crippen molar-refractivity contribution in [2.75, 3.05) is 6.54 Å². The number of benzene rings is 1. The Balaban J connectivity index is 2.08. The van der Waals surface area contributed by atoms with Gasteiger partial charge in [-0.3, -0.25) is 9.59 Å². The summed E-state index contributed by atoms with van der Waals surface area (Å²) < 4.78 is 0. The first kappa shape index (κ1) is 15.3. The van der Waals surface area contributed by atoms with Crippen LogP contribution in [0.4, 0.5) is 0 Å². The number of carbonyl (C=O) groups excluding carboxylic acids is 1. The van der Waals surface area contributed by atoms with Crippen molar-refractivity contribution in [2.45, 2.75) is 13.3 Å². The second-order valence-electron chi connectivity index (χ2n) is 4.80. The lowest BCUT2D eigenvalue weighted by Crippen LogP contribution is -2.27. The van der Waals surface area contributed by atoms with E-state index < -0.39 is 11.9 Å². The van der Waals surface area contributed by atoms with Crippen molar-refractivity contribution in [3.63, 3.8) is 0 Å². The highest BCUT2D eigenvalue weighted by molar-refractivity contribution is 6.34. The van der Waals surface area contributed by atoms with E-state index in [1.807, 2.05) is 24.3 Å². The molecule has 0 spiro atoms. The average Bonchev–Trinajstić information content (AvgIpc) is 2.46. The van der Waals surface area contributed by atoms with Crippen molar-refractivity contribution in [3.05, 3.63) is 41.2 Å². The molecule has 1 amide bonds. The molecule has 1 atom stereocenters. The van der Waals surface area contributed by atoms with Gasteiger partial charge in [-0.1, -0.05) is 42.8 Å². The van der Waals surface area contributed by atoms with E-state index in [4.69, 9.17) is 16.7 Å². The Morgan fingerprint density at radius 1 is 1.38 bits per heavy atom. The third-order valence-corrected chi connectivity index (χ3v) is 3.50. The number of hydrogen-bond acceptors (Lipinski definition) is 3. The van der Waals surface area contributed by atoms with Gasteiger partial charge in [-0.25, -0.2) is 4.98 Å². The SMILES string of the molecule is CC(CCNC(=O)c1cc2ccccc2c(Cl)n1)C(=O)O. The summed E-state index contributed by atoms with van der Waals surface area (Å²) in [6.07, 6.45) is 0.363. The molecule has 5 nitrogen and oxygen atoms in total. The topological polar surface area (TPSA) is 79.3 Å². The number of carboxylic acid groups (broad SMARTS) is 1. The van der Waals surface area contributed by atoms with Gasteiger partial charge in [0.2, 0.25) is 0 Å². The normalized spacial score (nSPS) is 12.1. The zero-order chi connectivity index (χ0) is 15.4. The van der Waals surface area contributed by atoms with Gasteiger partial charge in [0.05, 0.1) is 5.92 Å². The lowest BCUT2D eigenvalue weighted by molar-refractivity contribution is -0.141. The van der Waals surface area contributed by atoms with Crippen LogP contribution in [0.2, 0.25) is 5.15 Å². The zero-order valence-electron chi connectivity index (χ0n) is 11.5. The molecule has 2 N–H and O–H groups in total. The van der Waals surface area contributed by atoms with Crippen molar-refractivity contribution in [2.24, 2.45) is 5.92 Å². The number of aromatic nitrogens is 1. The van der Waals surface area contributed by atoms with Gasteiger partial charge in [-0.15, -0.1) is 0 Å². The number of aliphatic carboxylic acids is 1. The van der Waals surface area contributed by atoms with E-state index in [1.165, 1.54) is 0 Å². The van der Waals surface area contributed by atoms with Crippen molar-refractivity contribution in [3.8, 4) is 0 Å². The van der Waals surface area contributed by atoms with Crippen LogP contribution in [0.1, 0.15) is 23.8 Å². The van der Waals surface area contributed by atoms with E-state index in [0.717, 1.165) is 10.8 Å². The van der Waals surface area contributed by atoms with Gasteiger partial charge in [0, 0.05) is 11.9 Å². The van der Waals surface area contributed by atoms with Crippen LogP contribution in [0.3, 0.4) is 0 Å². The Bertz CT molecular complexity index is 688. The van der Waals surface area contributed by atoms with E-state index >= 15 is 0 Å². The highest BCUT2D eigenvalue weighted by Crippen LogP contribution is 2.22. The summed E-state index contributed by atoms with van der Waals surface area (Å²) in [5, 5.41) is 13.3. The van der Waals surface area contributed by atoms with Crippen molar-refractivity contribution in [1.82, 2.24) is 10.3 Å². The zero-order valence-corrected chi connectivity index (χ0v) is 12.2. The van der Waals surface area contributed by atoms with Crippen LogP contribution in [0.5, 0.6) is 0 Å². The minimum Gasteiger partial charge on any atom is -0.481 e. The quantitative estimate of drug-likeness (QED) is 0.832. The molecule has 6 heteroatoms. The van der Waals surface area contributed by atoms with Gasteiger partial charge in [0.1, 0.15) is 10.8 Å². The Morgan fingerprint density at radius 3 is 2.81 bits per heavy atom. The van der Waals surface area contributed by atoms with Gasteiger partial charge in [0.25, 0.3) is 5.91 Å². The smallest absolute Gasteiger partial charge is 0.306 e. The molecule has 1 aromatic heterocycles. The van der Waals surface area contributed by atoms with Crippen LogP contribution in [0, 0.1) is 5.92 Å². The molecule has 0 fully saturated rings. The van der Waals surface area contributed by atoms with Crippen molar-refractivity contribution >= 4 is 34.2 Å². The van der Waals surface area contributed by atoms with Gasteiger partial charge in [-0.05, 0) is 17.9 Å². The molecule has 0 aliphatic rings. The Kier molecular flexibility index (Phi) is 4.75. The lowest BCUT2D eigenvalue weighted by atomic mass is 10.1. The second-order valence-corrected chi connectivity index (χ2v) is 5.16. The first-order chi connectivity index (χ1) is 9.99. The molecule has 110 valence electrons. The molecule has 1 aromatic carbocycles. The van der Waals surface area contributed by atoms with Crippen LogP contribution in [-0.2, 0) is 4.79 Å². The Morgan fingerprint density at radius 2 is 2.10 bits per heavy atom. The van der Waals surface area contributed by atoms with Gasteiger partial charge >= 0.3 is 5.97 Å². The molecular weight excluding hydrogens is 292 g/mol. The third kappa shape index (κ3) is 3.70. The maximum Gasteiger partial charge on any atom is 0.306 e. The molecule has 0 saturated carbocycles. The number of fused-ring (bicyclic) bond motifs is 1. The van der Waals surface area contributed by atoms with Gasteiger partial charge < -0.3 is 10.4 Å². The van der Waals surface area contributed by atoms with Crippen LogP contribution < -0.4 is 5.32 Å². The predicted octanol–water partition coefficient (Wildman–Crippen LogP) is 2.73. The summed E-state index contributed by atoms with van der Waals surface area (Å²) in [6, 6.07) is 9.06. The Hall–Kier alpha value is -2.14. The summed E-state index contributed by atoms with van der Waals surface area (Å²) in [5.74, 6) is -1.74. The molecule has 2 aromatic rings.